The first kappa shape index (κ1) is 17.8. The van der Waals surface area contributed by atoms with Gasteiger partial charge in [-0.1, -0.05) is 36.1 Å². The molecule has 148 valence electrons. The number of nitrogens with zero attached hydrogens (tertiary/aromatic N) is 4. The second kappa shape index (κ2) is 6.12. The normalized spacial score (nSPS) is 29.9. The molecule has 4 heterocycles. The summed E-state index contributed by atoms with van der Waals surface area (Å²) in [6.45, 7) is 11.0. The Labute approximate surface area is 165 Å². The van der Waals surface area contributed by atoms with Crippen LogP contribution in [0, 0.1) is 0 Å². The zero-order valence-corrected chi connectivity index (χ0v) is 16.4. The van der Waals surface area contributed by atoms with Crippen molar-refractivity contribution in [2.45, 2.75) is 50.1 Å². The number of carbonyl (C=O) groups is 1. The van der Waals surface area contributed by atoms with Crippen molar-refractivity contribution < 1.29 is 14.3 Å². The van der Waals surface area contributed by atoms with Crippen molar-refractivity contribution in [2.24, 2.45) is 10.3 Å². The molecule has 7 nitrogen and oxygen atoms in total. The minimum absolute atomic E-state index is 0.0298. The summed E-state index contributed by atoms with van der Waals surface area (Å²) in [6, 6.07) is 7.43. The van der Waals surface area contributed by atoms with Crippen molar-refractivity contribution >= 4 is 11.5 Å². The van der Waals surface area contributed by atoms with E-state index < -0.39 is 17.4 Å². The number of fused-ring (bicyclic) bond motifs is 3. The van der Waals surface area contributed by atoms with Crippen LogP contribution in [0.1, 0.15) is 43.9 Å². The molecule has 0 N–H and O–H groups in total. The fourth-order valence-corrected chi connectivity index (χ4v) is 4.85. The Morgan fingerprint density at radius 1 is 1.18 bits per heavy atom. The average Bonchev–Trinajstić information content (AvgIpc) is 3.35. The highest BCUT2D eigenvalue weighted by Gasteiger charge is 2.52. The first-order chi connectivity index (χ1) is 13.4. The molecule has 1 aromatic rings. The summed E-state index contributed by atoms with van der Waals surface area (Å²) in [6.07, 6.45) is 1.41. The van der Waals surface area contributed by atoms with Crippen LogP contribution in [0.15, 0.2) is 41.2 Å². The molecule has 0 aromatic heterocycles. The lowest BCUT2D eigenvalue weighted by Gasteiger charge is -2.46. The summed E-state index contributed by atoms with van der Waals surface area (Å²) in [7, 11) is 0. The number of hydrogen-bond donors (Lipinski definition) is 0. The SMILES string of the molecule is C=C1c2ccccc2[C@H]2[C@H](C(=O)N3CCC4(CC3)OCCO4)N=NN2C1(C)C. The highest BCUT2D eigenvalue weighted by molar-refractivity contribution is 5.85. The maximum Gasteiger partial charge on any atom is 0.251 e. The summed E-state index contributed by atoms with van der Waals surface area (Å²) < 4.78 is 11.6. The minimum Gasteiger partial charge on any atom is -0.347 e. The van der Waals surface area contributed by atoms with E-state index in [4.69, 9.17) is 9.47 Å². The summed E-state index contributed by atoms with van der Waals surface area (Å²) in [5, 5.41) is 10.8. The molecule has 0 bridgehead atoms. The van der Waals surface area contributed by atoms with Crippen molar-refractivity contribution in [2.75, 3.05) is 26.3 Å². The molecule has 4 aliphatic rings. The number of piperidine rings is 1. The van der Waals surface area contributed by atoms with Crippen LogP contribution in [0.2, 0.25) is 0 Å². The molecule has 0 radical (unpaired) electrons. The van der Waals surface area contributed by atoms with Gasteiger partial charge in [-0.3, -0.25) is 9.80 Å². The number of ether oxygens (including phenoxy) is 2. The zero-order valence-electron chi connectivity index (χ0n) is 16.4. The predicted molar refractivity (Wildman–Crippen MR) is 103 cm³/mol. The van der Waals surface area contributed by atoms with Gasteiger partial charge in [-0.2, -0.15) is 5.11 Å². The lowest BCUT2D eigenvalue weighted by molar-refractivity contribution is -0.187. The molecule has 2 saturated heterocycles. The quantitative estimate of drug-likeness (QED) is 0.749. The molecule has 0 aliphatic carbocycles. The van der Waals surface area contributed by atoms with Crippen LogP contribution in [-0.4, -0.2) is 59.5 Å². The van der Waals surface area contributed by atoms with E-state index in [1.165, 1.54) is 0 Å². The van der Waals surface area contributed by atoms with Crippen LogP contribution in [0.25, 0.3) is 5.57 Å². The number of likely N-dealkylation sites (tertiary alicyclic amines) is 1. The van der Waals surface area contributed by atoms with Gasteiger partial charge in [0, 0.05) is 25.9 Å². The van der Waals surface area contributed by atoms with Crippen LogP contribution in [0.4, 0.5) is 0 Å². The third kappa shape index (κ3) is 2.46. The molecular weight excluding hydrogens is 356 g/mol. The highest BCUT2D eigenvalue weighted by atomic mass is 16.7. The van der Waals surface area contributed by atoms with E-state index >= 15 is 0 Å². The Hall–Kier alpha value is -2.25. The molecule has 4 aliphatic heterocycles. The zero-order chi connectivity index (χ0) is 19.5. The molecule has 2 atom stereocenters. The molecule has 2 fully saturated rings. The number of amides is 1. The van der Waals surface area contributed by atoms with Gasteiger partial charge in [0.05, 0.1) is 18.8 Å². The third-order valence-electron chi connectivity index (χ3n) is 6.65. The fourth-order valence-electron chi connectivity index (χ4n) is 4.85. The predicted octanol–water partition coefficient (Wildman–Crippen LogP) is 2.95. The number of hydrogen-bond acceptors (Lipinski definition) is 6. The van der Waals surface area contributed by atoms with Crippen LogP contribution in [0.5, 0.6) is 0 Å². The lowest BCUT2D eigenvalue weighted by atomic mass is 9.77. The molecule has 28 heavy (non-hydrogen) atoms. The molecule has 1 aromatic carbocycles. The first-order valence-electron chi connectivity index (χ1n) is 9.98. The topological polar surface area (TPSA) is 66.7 Å². The Bertz CT molecular complexity index is 849. The smallest absolute Gasteiger partial charge is 0.251 e. The largest absolute Gasteiger partial charge is 0.347 e. The molecule has 1 spiro atoms. The highest BCUT2D eigenvalue weighted by Crippen LogP contribution is 2.50. The summed E-state index contributed by atoms with van der Waals surface area (Å²) in [4.78, 5) is 15.3. The maximum absolute atomic E-state index is 13.4. The van der Waals surface area contributed by atoms with Crippen LogP contribution in [0.3, 0.4) is 0 Å². The summed E-state index contributed by atoms with van der Waals surface area (Å²) in [5.74, 6) is -0.459. The Balaban J connectivity index is 1.41. The second-order valence-electron chi connectivity index (χ2n) is 8.50. The molecular formula is C21H26N4O3. The average molecular weight is 382 g/mol. The number of carbonyl (C=O) groups excluding carboxylic acids is 1. The molecule has 5 rings (SSSR count). The van der Waals surface area contributed by atoms with Crippen LogP contribution >= 0.6 is 0 Å². The van der Waals surface area contributed by atoms with E-state index in [0.717, 1.165) is 16.7 Å². The van der Waals surface area contributed by atoms with E-state index in [9.17, 15) is 4.79 Å². The maximum atomic E-state index is 13.4. The monoisotopic (exact) mass is 382 g/mol. The van der Waals surface area contributed by atoms with E-state index in [2.05, 4.69) is 42.9 Å². The summed E-state index contributed by atoms with van der Waals surface area (Å²) >= 11 is 0. The second-order valence-corrected chi connectivity index (χ2v) is 8.50. The Morgan fingerprint density at radius 2 is 1.86 bits per heavy atom. The van der Waals surface area contributed by atoms with Crippen molar-refractivity contribution in [3.05, 3.63) is 42.0 Å². The van der Waals surface area contributed by atoms with Gasteiger partial charge >= 0.3 is 0 Å². The minimum atomic E-state index is -0.534. The Kier molecular flexibility index (Phi) is 3.90. The van der Waals surface area contributed by atoms with Gasteiger partial charge in [0.25, 0.3) is 5.91 Å². The van der Waals surface area contributed by atoms with Gasteiger partial charge in [-0.15, -0.1) is 0 Å². The standard InChI is InChI=1S/C21H26N4O3/c1-14-15-6-4-5-7-16(15)18-17(22-23-25(18)20(14,2)3)19(26)24-10-8-21(9-11-24)27-12-13-28-21/h4-7,17-18H,1,8-13H2,2-3H3/t17-,18+/m1/s1. The van der Waals surface area contributed by atoms with Gasteiger partial charge in [0.2, 0.25) is 0 Å². The van der Waals surface area contributed by atoms with Gasteiger partial charge < -0.3 is 14.4 Å². The first-order valence-corrected chi connectivity index (χ1v) is 9.98. The summed E-state index contributed by atoms with van der Waals surface area (Å²) in [5.41, 5.74) is 2.78. The van der Waals surface area contributed by atoms with E-state index in [1.807, 2.05) is 22.0 Å². The van der Waals surface area contributed by atoms with Crippen molar-refractivity contribution in [3.63, 3.8) is 0 Å². The number of benzene rings is 1. The molecule has 0 saturated carbocycles. The van der Waals surface area contributed by atoms with E-state index in [-0.39, 0.29) is 11.9 Å². The van der Waals surface area contributed by atoms with Crippen molar-refractivity contribution in [1.29, 1.82) is 0 Å². The van der Waals surface area contributed by atoms with Gasteiger partial charge in [-0.05, 0) is 30.5 Å². The van der Waals surface area contributed by atoms with Crippen LogP contribution in [-0.2, 0) is 14.3 Å². The van der Waals surface area contributed by atoms with Crippen LogP contribution < -0.4 is 0 Å². The molecule has 7 heteroatoms. The van der Waals surface area contributed by atoms with Gasteiger partial charge in [0.1, 0.15) is 6.04 Å². The fraction of sp³-hybridized carbons (Fsp3) is 0.571. The number of rotatable bonds is 1. The Morgan fingerprint density at radius 3 is 2.57 bits per heavy atom. The lowest BCUT2D eigenvalue weighted by Crippen LogP contribution is -2.53. The molecule has 1 amide bonds. The van der Waals surface area contributed by atoms with E-state index in [0.29, 0.717) is 39.1 Å². The van der Waals surface area contributed by atoms with Gasteiger partial charge in [-0.25, -0.2) is 0 Å². The third-order valence-corrected chi connectivity index (χ3v) is 6.65. The molecule has 0 unspecified atom stereocenters. The van der Waals surface area contributed by atoms with Crippen molar-refractivity contribution in [3.8, 4) is 0 Å². The van der Waals surface area contributed by atoms with Crippen molar-refractivity contribution in [1.82, 2.24) is 9.91 Å². The van der Waals surface area contributed by atoms with E-state index in [1.54, 1.807) is 0 Å². The van der Waals surface area contributed by atoms with Gasteiger partial charge in [0.15, 0.2) is 11.8 Å².